The van der Waals surface area contributed by atoms with Gasteiger partial charge in [0.15, 0.2) is 0 Å². The molecule has 3 heterocycles. The lowest BCUT2D eigenvalue weighted by molar-refractivity contribution is 0.434. The number of aromatic nitrogens is 4. The molecule has 0 amide bonds. The summed E-state index contributed by atoms with van der Waals surface area (Å²) in [6.45, 7) is 6.13. The van der Waals surface area contributed by atoms with E-state index in [2.05, 4.69) is 37.1 Å². The molecule has 2 N–H and O–H groups in total. The van der Waals surface area contributed by atoms with Crippen molar-refractivity contribution < 1.29 is 0 Å². The van der Waals surface area contributed by atoms with Crippen LogP contribution in [0.25, 0.3) is 11.3 Å². The Balaban J connectivity index is 1.62. The van der Waals surface area contributed by atoms with E-state index in [1.165, 1.54) is 6.07 Å². The Labute approximate surface area is 174 Å². The Bertz CT molecular complexity index is 1070. The van der Waals surface area contributed by atoms with E-state index < -0.39 is 0 Å². The van der Waals surface area contributed by atoms with Gasteiger partial charge in [-0.15, -0.1) is 0 Å². The number of hydrogen-bond acceptors (Lipinski definition) is 6. The van der Waals surface area contributed by atoms with Gasteiger partial charge in [0.25, 0.3) is 5.56 Å². The topological polar surface area (TPSA) is 86.8 Å². The van der Waals surface area contributed by atoms with Crippen LogP contribution in [0, 0.1) is 12.8 Å². The third-order valence-electron chi connectivity index (χ3n) is 5.18. The van der Waals surface area contributed by atoms with E-state index >= 15 is 0 Å². The minimum absolute atomic E-state index is 0.266. The van der Waals surface area contributed by atoms with Gasteiger partial charge >= 0.3 is 0 Å². The van der Waals surface area contributed by atoms with Crippen molar-refractivity contribution in [3.05, 3.63) is 57.6 Å². The van der Waals surface area contributed by atoms with Gasteiger partial charge in [-0.05, 0) is 37.8 Å². The maximum atomic E-state index is 12.2. The van der Waals surface area contributed by atoms with Crippen molar-refractivity contribution in [3.8, 4) is 11.3 Å². The predicted molar refractivity (Wildman–Crippen MR) is 116 cm³/mol. The standard InChI is InChI=1S/C21H23ClN6O/c1-13-7-9-28(10-8-13)21-23-12-15(14(2)24-21)18-11-19(29)27-20(26-18)25-17-6-4-3-5-16(17)22/h3-6,11-13H,7-10H2,1-2H3,(H2,25,26,27,29). The molecule has 0 aliphatic carbocycles. The summed E-state index contributed by atoms with van der Waals surface area (Å²) < 4.78 is 0. The number of para-hydroxylation sites is 1. The van der Waals surface area contributed by atoms with Crippen LogP contribution in [0.3, 0.4) is 0 Å². The maximum Gasteiger partial charge on any atom is 0.252 e. The molecule has 1 aliphatic rings. The van der Waals surface area contributed by atoms with Crippen LogP contribution < -0.4 is 15.8 Å². The molecule has 1 aromatic carbocycles. The van der Waals surface area contributed by atoms with Crippen molar-refractivity contribution in [1.29, 1.82) is 0 Å². The number of halogens is 1. The Kier molecular flexibility index (Phi) is 5.49. The van der Waals surface area contributed by atoms with Crippen molar-refractivity contribution in [2.45, 2.75) is 26.7 Å². The zero-order chi connectivity index (χ0) is 20.4. The second kappa shape index (κ2) is 8.21. The van der Waals surface area contributed by atoms with Crippen LogP contribution in [0.2, 0.25) is 5.02 Å². The summed E-state index contributed by atoms with van der Waals surface area (Å²) in [5.74, 6) is 1.79. The van der Waals surface area contributed by atoms with Crippen molar-refractivity contribution in [2.24, 2.45) is 5.92 Å². The van der Waals surface area contributed by atoms with Crippen LogP contribution in [0.4, 0.5) is 17.6 Å². The lowest BCUT2D eigenvalue weighted by Gasteiger charge is -2.30. The van der Waals surface area contributed by atoms with Gasteiger partial charge in [0, 0.05) is 30.9 Å². The lowest BCUT2D eigenvalue weighted by Crippen LogP contribution is -2.34. The summed E-state index contributed by atoms with van der Waals surface area (Å²) in [6.07, 6.45) is 4.05. The largest absolute Gasteiger partial charge is 0.341 e. The average Bonchev–Trinajstić information content (AvgIpc) is 2.70. The van der Waals surface area contributed by atoms with E-state index in [-0.39, 0.29) is 5.56 Å². The van der Waals surface area contributed by atoms with Gasteiger partial charge in [0.1, 0.15) is 0 Å². The third kappa shape index (κ3) is 4.40. The van der Waals surface area contributed by atoms with Crippen molar-refractivity contribution >= 4 is 29.2 Å². The fourth-order valence-corrected chi connectivity index (χ4v) is 3.60. The van der Waals surface area contributed by atoms with E-state index in [0.29, 0.717) is 22.4 Å². The van der Waals surface area contributed by atoms with Gasteiger partial charge in [-0.1, -0.05) is 30.7 Å². The van der Waals surface area contributed by atoms with Gasteiger partial charge < -0.3 is 10.2 Å². The van der Waals surface area contributed by atoms with E-state index in [9.17, 15) is 4.79 Å². The molecular weight excluding hydrogens is 388 g/mol. The summed E-state index contributed by atoms with van der Waals surface area (Å²) >= 11 is 6.19. The number of nitrogens with one attached hydrogen (secondary N) is 2. The highest BCUT2D eigenvalue weighted by Gasteiger charge is 2.19. The van der Waals surface area contributed by atoms with Crippen molar-refractivity contribution in [2.75, 3.05) is 23.3 Å². The number of H-pyrrole nitrogens is 1. The van der Waals surface area contributed by atoms with Gasteiger partial charge in [0.2, 0.25) is 11.9 Å². The third-order valence-corrected chi connectivity index (χ3v) is 5.51. The summed E-state index contributed by atoms with van der Waals surface area (Å²) in [5.41, 5.74) is 2.43. The van der Waals surface area contributed by atoms with Crippen LogP contribution in [0.15, 0.2) is 41.3 Å². The normalized spacial score (nSPS) is 14.8. The summed E-state index contributed by atoms with van der Waals surface area (Å²) in [4.78, 5) is 30.9. The van der Waals surface area contributed by atoms with Crippen LogP contribution in [0.1, 0.15) is 25.5 Å². The maximum absolute atomic E-state index is 12.2. The number of nitrogens with zero attached hydrogens (tertiary/aromatic N) is 4. The number of benzene rings is 1. The zero-order valence-corrected chi connectivity index (χ0v) is 17.2. The zero-order valence-electron chi connectivity index (χ0n) is 16.4. The molecule has 150 valence electrons. The second-order valence-corrected chi connectivity index (χ2v) is 7.83. The van der Waals surface area contributed by atoms with Crippen LogP contribution >= 0.6 is 11.6 Å². The first kappa shape index (κ1) is 19.4. The van der Waals surface area contributed by atoms with E-state index in [1.54, 1.807) is 12.3 Å². The molecule has 3 aromatic rings. The summed E-state index contributed by atoms with van der Waals surface area (Å²) in [7, 11) is 0. The smallest absolute Gasteiger partial charge is 0.252 e. The van der Waals surface area contributed by atoms with Crippen molar-refractivity contribution in [1.82, 2.24) is 19.9 Å². The molecule has 0 spiro atoms. The second-order valence-electron chi connectivity index (χ2n) is 7.42. The Morgan fingerprint density at radius 1 is 1.21 bits per heavy atom. The molecule has 0 radical (unpaired) electrons. The molecule has 0 unspecified atom stereocenters. The molecule has 2 aromatic heterocycles. The average molecular weight is 411 g/mol. The predicted octanol–water partition coefficient (Wildman–Crippen LogP) is 4.17. The molecular formula is C21H23ClN6O. The lowest BCUT2D eigenvalue weighted by atomic mass is 10.00. The Hall–Kier alpha value is -2.93. The van der Waals surface area contributed by atoms with Gasteiger partial charge in [0.05, 0.1) is 22.1 Å². The minimum Gasteiger partial charge on any atom is -0.341 e. The molecule has 4 rings (SSSR count). The van der Waals surface area contributed by atoms with E-state index in [0.717, 1.165) is 49.1 Å². The summed E-state index contributed by atoms with van der Waals surface area (Å²) in [6, 6.07) is 8.73. The molecule has 0 saturated carbocycles. The molecule has 1 aliphatic heterocycles. The fourth-order valence-electron chi connectivity index (χ4n) is 3.41. The number of anilines is 3. The molecule has 0 atom stereocenters. The molecule has 1 fully saturated rings. The first-order chi connectivity index (χ1) is 14.0. The first-order valence-corrected chi connectivity index (χ1v) is 10.1. The highest BCUT2D eigenvalue weighted by molar-refractivity contribution is 6.33. The SMILES string of the molecule is Cc1nc(N2CCC(C)CC2)ncc1-c1cc(=O)[nH]c(Nc2ccccc2Cl)n1. The quantitative estimate of drug-likeness (QED) is 0.671. The molecule has 0 bridgehead atoms. The summed E-state index contributed by atoms with van der Waals surface area (Å²) in [5, 5.41) is 3.60. The van der Waals surface area contributed by atoms with Gasteiger partial charge in [-0.2, -0.15) is 0 Å². The first-order valence-electron chi connectivity index (χ1n) is 9.71. The fraction of sp³-hybridized carbons (Fsp3) is 0.333. The van der Waals surface area contributed by atoms with Gasteiger partial charge in [-0.3, -0.25) is 9.78 Å². The van der Waals surface area contributed by atoms with E-state index in [1.807, 2.05) is 25.1 Å². The number of rotatable bonds is 4. The highest BCUT2D eigenvalue weighted by Crippen LogP contribution is 2.26. The number of aromatic amines is 1. The number of piperidine rings is 1. The monoisotopic (exact) mass is 410 g/mol. The molecule has 1 saturated heterocycles. The molecule has 7 nitrogen and oxygen atoms in total. The highest BCUT2D eigenvalue weighted by atomic mass is 35.5. The minimum atomic E-state index is -0.266. The van der Waals surface area contributed by atoms with E-state index in [4.69, 9.17) is 11.6 Å². The molecule has 8 heteroatoms. The Morgan fingerprint density at radius 2 is 1.97 bits per heavy atom. The molecule has 29 heavy (non-hydrogen) atoms. The van der Waals surface area contributed by atoms with Crippen LogP contribution in [0.5, 0.6) is 0 Å². The Morgan fingerprint density at radius 3 is 2.69 bits per heavy atom. The van der Waals surface area contributed by atoms with Gasteiger partial charge in [-0.25, -0.2) is 15.0 Å². The number of hydrogen-bond donors (Lipinski definition) is 2. The van der Waals surface area contributed by atoms with Crippen molar-refractivity contribution in [3.63, 3.8) is 0 Å². The number of aryl methyl sites for hydroxylation is 1. The van der Waals surface area contributed by atoms with Crippen LogP contribution in [-0.2, 0) is 0 Å². The van der Waals surface area contributed by atoms with Crippen LogP contribution in [-0.4, -0.2) is 33.0 Å².